The molecule has 1 aliphatic carbocycles. The lowest BCUT2D eigenvalue weighted by molar-refractivity contribution is 0.0800. The van der Waals surface area contributed by atoms with Gasteiger partial charge >= 0.3 is 6.09 Å². The van der Waals surface area contributed by atoms with Gasteiger partial charge < -0.3 is 14.2 Å². The van der Waals surface area contributed by atoms with Gasteiger partial charge in [-0.25, -0.2) is 9.80 Å². The second kappa shape index (κ2) is 12.6. The minimum absolute atomic E-state index is 0.175. The fourth-order valence-electron chi connectivity index (χ4n) is 4.02. The molecule has 2 amide bonds. The summed E-state index contributed by atoms with van der Waals surface area (Å²) < 4.78 is 16.8. The molecule has 0 heterocycles. The first kappa shape index (κ1) is 25.8. The summed E-state index contributed by atoms with van der Waals surface area (Å²) in [6.45, 7) is 0.175. The van der Waals surface area contributed by atoms with E-state index in [1.807, 2.05) is 48.5 Å². The van der Waals surface area contributed by atoms with Crippen molar-refractivity contribution in [3.63, 3.8) is 0 Å². The lowest BCUT2D eigenvalue weighted by Crippen LogP contribution is -2.21. The predicted molar refractivity (Wildman–Crippen MR) is 142 cm³/mol. The molecule has 8 nitrogen and oxygen atoms in total. The molecule has 0 spiro atoms. The molecule has 0 bridgehead atoms. The van der Waals surface area contributed by atoms with Crippen LogP contribution < -0.4 is 14.8 Å². The molecule has 1 N–H and O–H groups in total. The third-order valence-electron chi connectivity index (χ3n) is 6.05. The van der Waals surface area contributed by atoms with Crippen LogP contribution in [0.1, 0.15) is 47.2 Å². The Bertz CT molecular complexity index is 1220. The molecule has 37 heavy (non-hydrogen) atoms. The number of hydrogen-bond donors (Lipinski definition) is 1. The number of benzene rings is 3. The number of ether oxygens (including phenoxy) is 3. The lowest BCUT2D eigenvalue weighted by Gasteiger charge is -2.16. The van der Waals surface area contributed by atoms with Crippen molar-refractivity contribution in [3.05, 3.63) is 89.5 Å². The molecule has 1 saturated carbocycles. The Morgan fingerprint density at radius 1 is 1.00 bits per heavy atom. The van der Waals surface area contributed by atoms with Gasteiger partial charge in [-0.3, -0.25) is 10.1 Å². The van der Waals surface area contributed by atoms with Crippen molar-refractivity contribution in [1.29, 1.82) is 0 Å². The van der Waals surface area contributed by atoms with E-state index in [1.165, 1.54) is 17.9 Å². The van der Waals surface area contributed by atoms with E-state index in [4.69, 9.17) is 14.2 Å². The topological polar surface area (TPSA) is 89.5 Å². The fourth-order valence-corrected chi connectivity index (χ4v) is 4.02. The summed E-state index contributed by atoms with van der Waals surface area (Å²) in [5.41, 5.74) is 2.65. The highest BCUT2D eigenvalue weighted by Crippen LogP contribution is 2.32. The van der Waals surface area contributed by atoms with Crippen molar-refractivity contribution in [2.24, 2.45) is 5.10 Å². The number of nitrogens with one attached hydrogen (secondary N) is 1. The van der Waals surface area contributed by atoms with Crippen LogP contribution in [0.5, 0.6) is 11.5 Å². The first-order valence-corrected chi connectivity index (χ1v) is 12.3. The normalized spacial score (nSPS) is 13.4. The first-order chi connectivity index (χ1) is 18.0. The number of amides is 2. The van der Waals surface area contributed by atoms with Crippen molar-refractivity contribution in [3.8, 4) is 11.5 Å². The Labute approximate surface area is 216 Å². The molecule has 4 rings (SSSR count). The van der Waals surface area contributed by atoms with Crippen LogP contribution >= 0.6 is 0 Å². The van der Waals surface area contributed by atoms with Gasteiger partial charge in [-0.1, -0.05) is 30.3 Å². The standard InChI is InChI=1S/C29H31N3O5/c1-32(30-19-22-12-17-26(35-2)27(18-22)37-25-10-6-7-11-25)28(33)23-13-15-24(16-14-23)31-29(34)36-20-21-8-4-3-5-9-21/h3-5,8-9,12-19,25H,6-7,10-11,20H2,1-2H3,(H,31,34). The predicted octanol–water partition coefficient (Wildman–Crippen LogP) is 5.87. The molecule has 0 unspecified atom stereocenters. The van der Waals surface area contributed by atoms with Gasteiger partial charge in [0.2, 0.25) is 0 Å². The lowest BCUT2D eigenvalue weighted by atomic mass is 10.2. The van der Waals surface area contributed by atoms with Gasteiger partial charge in [-0.05, 0) is 79.3 Å². The molecule has 192 valence electrons. The number of methoxy groups -OCH3 is 1. The van der Waals surface area contributed by atoms with Gasteiger partial charge in [0.1, 0.15) is 6.61 Å². The van der Waals surface area contributed by atoms with E-state index in [-0.39, 0.29) is 18.6 Å². The number of carbonyl (C=O) groups is 2. The molecular weight excluding hydrogens is 470 g/mol. The summed E-state index contributed by atoms with van der Waals surface area (Å²) in [5, 5.41) is 8.21. The Morgan fingerprint density at radius 3 is 2.43 bits per heavy atom. The minimum atomic E-state index is -0.569. The van der Waals surface area contributed by atoms with Crippen molar-refractivity contribution in [2.75, 3.05) is 19.5 Å². The fraction of sp³-hybridized carbons (Fsp3) is 0.276. The SMILES string of the molecule is COc1ccc(C=NN(C)C(=O)c2ccc(NC(=O)OCc3ccccc3)cc2)cc1OC1CCCC1. The molecule has 0 atom stereocenters. The number of carbonyl (C=O) groups excluding carboxylic acids is 2. The van der Waals surface area contributed by atoms with Crippen LogP contribution in [0.2, 0.25) is 0 Å². The summed E-state index contributed by atoms with van der Waals surface area (Å²) in [6, 6.07) is 21.5. The summed E-state index contributed by atoms with van der Waals surface area (Å²) in [5.74, 6) is 1.06. The van der Waals surface area contributed by atoms with E-state index >= 15 is 0 Å². The highest BCUT2D eigenvalue weighted by Gasteiger charge is 2.18. The van der Waals surface area contributed by atoms with Crippen LogP contribution in [0.3, 0.4) is 0 Å². The summed E-state index contributed by atoms with van der Waals surface area (Å²) >= 11 is 0. The Kier molecular flexibility index (Phi) is 8.75. The average Bonchev–Trinajstić information content (AvgIpc) is 3.44. The van der Waals surface area contributed by atoms with Crippen molar-refractivity contribution in [2.45, 2.75) is 38.4 Å². The highest BCUT2D eigenvalue weighted by atomic mass is 16.5. The maximum atomic E-state index is 12.8. The minimum Gasteiger partial charge on any atom is -0.493 e. The number of anilines is 1. The monoisotopic (exact) mass is 501 g/mol. The van der Waals surface area contributed by atoms with Crippen LogP contribution in [0.15, 0.2) is 77.9 Å². The van der Waals surface area contributed by atoms with E-state index in [2.05, 4.69) is 10.4 Å². The molecule has 3 aromatic carbocycles. The molecular formula is C29H31N3O5. The van der Waals surface area contributed by atoms with Gasteiger partial charge in [-0.15, -0.1) is 0 Å². The molecule has 0 saturated heterocycles. The van der Waals surface area contributed by atoms with Crippen molar-refractivity contribution < 1.29 is 23.8 Å². The third kappa shape index (κ3) is 7.33. The van der Waals surface area contributed by atoms with Crippen LogP contribution in [-0.2, 0) is 11.3 Å². The maximum absolute atomic E-state index is 12.8. The van der Waals surface area contributed by atoms with Gasteiger partial charge in [0, 0.05) is 18.3 Å². The molecule has 0 aliphatic heterocycles. The van der Waals surface area contributed by atoms with Gasteiger partial charge in [0.25, 0.3) is 5.91 Å². The molecule has 1 fully saturated rings. The largest absolute Gasteiger partial charge is 0.493 e. The molecule has 0 aromatic heterocycles. The number of rotatable bonds is 9. The molecule has 8 heteroatoms. The van der Waals surface area contributed by atoms with E-state index in [1.54, 1.807) is 44.6 Å². The zero-order valence-electron chi connectivity index (χ0n) is 21.1. The van der Waals surface area contributed by atoms with E-state index in [0.29, 0.717) is 22.7 Å². The van der Waals surface area contributed by atoms with E-state index in [0.717, 1.165) is 24.0 Å². The zero-order valence-corrected chi connectivity index (χ0v) is 21.1. The Hall–Kier alpha value is -4.33. The molecule has 1 aliphatic rings. The Balaban J connectivity index is 1.32. The molecule has 0 radical (unpaired) electrons. The Morgan fingerprint density at radius 2 is 1.73 bits per heavy atom. The van der Waals surface area contributed by atoms with Crippen molar-refractivity contribution >= 4 is 23.9 Å². The van der Waals surface area contributed by atoms with Gasteiger partial charge in [0.15, 0.2) is 11.5 Å². The quantitative estimate of drug-likeness (QED) is 0.293. The van der Waals surface area contributed by atoms with Gasteiger partial charge in [-0.2, -0.15) is 5.10 Å². The van der Waals surface area contributed by atoms with Crippen LogP contribution in [0.4, 0.5) is 10.5 Å². The van der Waals surface area contributed by atoms with Crippen molar-refractivity contribution in [1.82, 2.24) is 5.01 Å². The van der Waals surface area contributed by atoms with E-state index in [9.17, 15) is 9.59 Å². The van der Waals surface area contributed by atoms with E-state index < -0.39 is 6.09 Å². The second-order valence-electron chi connectivity index (χ2n) is 8.77. The first-order valence-electron chi connectivity index (χ1n) is 12.3. The summed E-state index contributed by atoms with van der Waals surface area (Å²) in [6.07, 6.45) is 5.68. The summed E-state index contributed by atoms with van der Waals surface area (Å²) in [4.78, 5) is 24.9. The number of nitrogens with zero attached hydrogens (tertiary/aromatic N) is 2. The maximum Gasteiger partial charge on any atom is 0.411 e. The number of hydrazone groups is 1. The molecule has 3 aromatic rings. The second-order valence-corrected chi connectivity index (χ2v) is 8.77. The van der Waals surface area contributed by atoms with Crippen LogP contribution in [0, 0.1) is 0 Å². The highest BCUT2D eigenvalue weighted by molar-refractivity contribution is 5.95. The zero-order chi connectivity index (χ0) is 26.0. The third-order valence-corrected chi connectivity index (χ3v) is 6.05. The average molecular weight is 502 g/mol. The van der Waals surface area contributed by atoms with Crippen LogP contribution in [0.25, 0.3) is 0 Å². The van der Waals surface area contributed by atoms with Crippen LogP contribution in [-0.4, -0.2) is 43.5 Å². The summed E-state index contributed by atoms with van der Waals surface area (Å²) in [7, 11) is 3.21. The number of hydrogen-bond acceptors (Lipinski definition) is 6. The van der Waals surface area contributed by atoms with Gasteiger partial charge in [0.05, 0.1) is 19.4 Å². The smallest absolute Gasteiger partial charge is 0.411 e.